The fourth-order valence-electron chi connectivity index (χ4n) is 3.50. The highest BCUT2D eigenvalue weighted by molar-refractivity contribution is 5.94. The minimum atomic E-state index is -0.688. The maximum atomic E-state index is 12.2. The van der Waals surface area contributed by atoms with Gasteiger partial charge in [-0.2, -0.15) is 0 Å². The van der Waals surface area contributed by atoms with Gasteiger partial charge in [0.1, 0.15) is 17.1 Å². The molecule has 6 nitrogen and oxygen atoms in total. The van der Waals surface area contributed by atoms with Gasteiger partial charge in [-0.3, -0.25) is 15.1 Å². The number of hydrogen-bond donors (Lipinski definition) is 2. The maximum absolute atomic E-state index is 12.2. The smallest absolute Gasteiger partial charge is 0.228 e. The molecular weight excluding hydrogens is 364 g/mol. The molecule has 1 saturated carbocycles. The van der Waals surface area contributed by atoms with E-state index < -0.39 is 5.54 Å². The third kappa shape index (κ3) is 3.74. The molecule has 4 rings (SSSR count). The van der Waals surface area contributed by atoms with Crippen LogP contribution in [0, 0.1) is 17.8 Å². The Bertz CT molecular complexity index is 1020. The van der Waals surface area contributed by atoms with Gasteiger partial charge in [0, 0.05) is 35.0 Å². The molecule has 2 atom stereocenters. The van der Waals surface area contributed by atoms with Gasteiger partial charge < -0.3 is 10.1 Å². The number of carbonyl (C=O) groups excluding carboxylic acids is 1. The van der Waals surface area contributed by atoms with Gasteiger partial charge >= 0.3 is 0 Å². The average Bonchev–Trinajstić information content (AvgIpc) is 3.59. The number of amides is 1. The molecule has 0 radical (unpaired) electrons. The highest BCUT2D eigenvalue weighted by Gasteiger charge is 2.39. The molecule has 2 heterocycles. The number of carbonyl (C=O) groups is 1. The highest BCUT2D eigenvalue weighted by atomic mass is 16.5. The highest BCUT2D eigenvalue weighted by Crippen LogP contribution is 2.34. The fraction of sp³-hybridized carbons (Fsp3) is 0.348. The molecule has 2 N–H and O–H groups in total. The maximum Gasteiger partial charge on any atom is 0.228 e. The molecule has 2 aliphatic rings. The first kappa shape index (κ1) is 19.2. The quantitative estimate of drug-likeness (QED) is 0.790. The van der Waals surface area contributed by atoms with Crippen LogP contribution in [0.15, 0.2) is 41.5 Å². The first-order chi connectivity index (χ1) is 14.1. The summed E-state index contributed by atoms with van der Waals surface area (Å²) in [7, 11) is 3.52. The van der Waals surface area contributed by atoms with Gasteiger partial charge in [-0.1, -0.05) is 11.8 Å². The summed E-state index contributed by atoms with van der Waals surface area (Å²) in [6, 6.07) is 9.45. The zero-order valence-corrected chi connectivity index (χ0v) is 16.8. The molecule has 2 unspecified atom stereocenters. The van der Waals surface area contributed by atoms with Crippen molar-refractivity contribution in [1.82, 2.24) is 10.3 Å². The summed E-state index contributed by atoms with van der Waals surface area (Å²) in [5, 5.41) is 6.31. The number of pyridine rings is 1. The molecule has 0 saturated heterocycles. The predicted octanol–water partition coefficient (Wildman–Crippen LogP) is 2.73. The monoisotopic (exact) mass is 388 g/mol. The Morgan fingerprint density at radius 1 is 1.28 bits per heavy atom. The number of ether oxygens (including phenoxy) is 1. The van der Waals surface area contributed by atoms with Gasteiger partial charge in [0.05, 0.1) is 13.2 Å². The number of nitrogens with zero attached hydrogens (tertiary/aromatic N) is 2. The molecule has 1 fully saturated rings. The van der Waals surface area contributed by atoms with Crippen molar-refractivity contribution in [2.24, 2.45) is 10.9 Å². The standard InChI is InChI=1S/C23H24N4O2/c1-15-23(24-2,11-10-16-4-8-19(29-3)9-5-16)20-12-21(26-14-18(20)13-25-15)27-22(28)17-6-7-17/h4-5,8-9,12-15,17,24H,6-7H2,1-3H3,(H,26,27,28). The molecule has 148 valence electrons. The second-order valence-electron chi connectivity index (χ2n) is 7.41. The molecule has 1 aliphatic carbocycles. The van der Waals surface area contributed by atoms with Crippen LogP contribution >= 0.6 is 0 Å². The lowest BCUT2D eigenvalue weighted by Gasteiger charge is -2.36. The second kappa shape index (κ2) is 7.69. The van der Waals surface area contributed by atoms with E-state index in [0.717, 1.165) is 35.3 Å². The van der Waals surface area contributed by atoms with E-state index >= 15 is 0 Å². The molecule has 0 spiro atoms. The number of aromatic nitrogens is 1. The number of benzene rings is 1. The Labute approximate surface area is 170 Å². The number of nitrogens with one attached hydrogen (secondary N) is 2. The summed E-state index contributed by atoms with van der Waals surface area (Å²) >= 11 is 0. The second-order valence-corrected chi connectivity index (χ2v) is 7.41. The predicted molar refractivity (Wildman–Crippen MR) is 113 cm³/mol. The number of anilines is 1. The van der Waals surface area contributed by atoms with Crippen molar-refractivity contribution in [1.29, 1.82) is 0 Å². The van der Waals surface area contributed by atoms with Crippen LogP contribution in [0.1, 0.15) is 36.5 Å². The van der Waals surface area contributed by atoms with Gasteiger partial charge in [-0.15, -0.1) is 0 Å². The van der Waals surface area contributed by atoms with Gasteiger partial charge in [0.25, 0.3) is 0 Å². The zero-order chi connectivity index (χ0) is 20.4. The summed E-state index contributed by atoms with van der Waals surface area (Å²) in [6.07, 6.45) is 5.47. The van der Waals surface area contributed by atoms with E-state index in [1.54, 1.807) is 13.3 Å². The lowest BCUT2D eigenvalue weighted by atomic mass is 9.80. The van der Waals surface area contributed by atoms with Crippen LogP contribution in [-0.4, -0.2) is 37.3 Å². The van der Waals surface area contributed by atoms with Gasteiger partial charge in [-0.05, 0) is 57.1 Å². The van der Waals surface area contributed by atoms with E-state index in [-0.39, 0.29) is 17.9 Å². The van der Waals surface area contributed by atoms with E-state index in [4.69, 9.17) is 4.74 Å². The topological polar surface area (TPSA) is 75.6 Å². The number of fused-ring (bicyclic) bond motifs is 1. The first-order valence-electron chi connectivity index (χ1n) is 9.76. The molecule has 1 aliphatic heterocycles. The minimum absolute atomic E-state index is 0.0364. The summed E-state index contributed by atoms with van der Waals surface area (Å²) < 4.78 is 5.21. The van der Waals surface area contributed by atoms with Crippen LogP contribution in [0.2, 0.25) is 0 Å². The van der Waals surface area contributed by atoms with E-state index in [1.165, 1.54) is 0 Å². The minimum Gasteiger partial charge on any atom is -0.497 e. The summed E-state index contributed by atoms with van der Waals surface area (Å²) in [5.74, 6) is 8.17. The zero-order valence-electron chi connectivity index (χ0n) is 16.8. The van der Waals surface area contributed by atoms with Crippen molar-refractivity contribution in [3.05, 3.63) is 53.2 Å². The van der Waals surface area contributed by atoms with Gasteiger partial charge in [0.2, 0.25) is 5.91 Å². The Balaban J connectivity index is 1.71. The number of methoxy groups -OCH3 is 1. The van der Waals surface area contributed by atoms with E-state index in [2.05, 4.69) is 32.5 Å². The SMILES string of the molecule is CNC1(C#Cc2ccc(OC)cc2)c2cc(NC(=O)C3CC3)ncc2C=NC1C. The lowest BCUT2D eigenvalue weighted by Crippen LogP contribution is -2.49. The third-order valence-electron chi connectivity index (χ3n) is 5.51. The molecule has 1 aromatic carbocycles. The summed E-state index contributed by atoms with van der Waals surface area (Å²) in [6.45, 7) is 2.03. The number of rotatable bonds is 4. The van der Waals surface area contributed by atoms with Crippen molar-refractivity contribution < 1.29 is 9.53 Å². The van der Waals surface area contributed by atoms with Crippen molar-refractivity contribution in [3.8, 4) is 17.6 Å². The average molecular weight is 388 g/mol. The summed E-state index contributed by atoms with van der Waals surface area (Å²) in [5.41, 5.74) is 2.06. The van der Waals surface area contributed by atoms with E-state index in [1.807, 2.05) is 50.5 Å². The van der Waals surface area contributed by atoms with Crippen molar-refractivity contribution in [2.75, 3.05) is 19.5 Å². The normalized spacial score (nSPS) is 22.2. The molecular formula is C23H24N4O2. The Morgan fingerprint density at radius 3 is 2.69 bits per heavy atom. The Morgan fingerprint density at radius 2 is 2.03 bits per heavy atom. The van der Waals surface area contributed by atoms with Crippen LogP contribution in [0.5, 0.6) is 5.75 Å². The van der Waals surface area contributed by atoms with Crippen molar-refractivity contribution in [3.63, 3.8) is 0 Å². The number of likely N-dealkylation sites (N-methyl/N-ethyl adjacent to an activating group) is 1. The molecule has 0 bridgehead atoms. The molecule has 29 heavy (non-hydrogen) atoms. The molecule has 6 heteroatoms. The number of hydrogen-bond acceptors (Lipinski definition) is 5. The van der Waals surface area contributed by atoms with Crippen LogP contribution in [0.25, 0.3) is 0 Å². The molecule has 1 aromatic heterocycles. The molecule has 1 amide bonds. The van der Waals surface area contributed by atoms with Crippen molar-refractivity contribution in [2.45, 2.75) is 31.3 Å². The Hall–Kier alpha value is -3.17. The molecule has 2 aromatic rings. The van der Waals surface area contributed by atoms with E-state index in [0.29, 0.717) is 5.82 Å². The fourth-order valence-corrected chi connectivity index (χ4v) is 3.50. The van der Waals surface area contributed by atoms with Crippen molar-refractivity contribution >= 4 is 17.9 Å². The largest absolute Gasteiger partial charge is 0.497 e. The van der Waals surface area contributed by atoms with Gasteiger partial charge in [0.15, 0.2) is 0 Å². The van der Waals surface area contributed by atoms with Crippen LogP contribution in [0.4, 0.5) is 5.82 Å². The number of aliphatic imine (C=N–C) groups is 1. The van der Waals surface area contributed by atoms with E-state index in [9.17, 15) is 4.79 Å². The first-order valence-corrected chi connectivity index (χ1v) is 9.76. The van der Waals surface area contributed by atoms with Crippen LogP contribution in [-0.2, 0) is 10.3 Å². The van der Waals surface area contributed by atoms with Crippen LogP contribution < -0.4 is 15.4 Å². The Kier molecular flexibility index (Phi) is 5.08. The third-order valence-corrected chi connectivity index (χ3v) is 5.51. The van der Waals surface area contributed by atoms with Gasteiger partial charge in [-0.25, -0.2) is 4.98 Å². The van der Waals surface area contributed by atoms with Crippen LogP contribution in [0.3, 0.4) is 0 Å². The lowest BCUT2D eigenvalue weighted by molar-refractivity contribution is -0.117. The summed E-state index contributed by atoms with van der Waals surface area (Å²) in [4.78, 5) is 21.2.